The Morgan fingerprint density at radius 3 is 2.45 bits per heavy atom. The first-order chi connectivity index (χ1) is 15.9. The van der Waals surface area contributed by atoms with Crippen LogP contribution in [0.5, 0.6) is 5.75 Å². The summed E-state index contributed by atoms with van der Waals surface area (Å²) in [6, 6.07) is 10.9. The molecular formula is C24H26ClN3O5. The van der Waals surface area contributed by atoms with Gasteiger partial charge in [-0.2, -0.15) is 0 Å². The number of urea groups is 1. The third-order valence-electron chi connectivity index (χ3n) is 6.06. The van der Waals surface area contributed by atoms with Crippen molar-refractivity contribution in [2.75, 3.05) is 38.7 Å². The van der Waals surface area contributed by atoms with Crippen LogP contribution in [-0.4, -0.2) is 61.1 Å². The van der Waals surface area contributed by atoms with E-state index in [2.05, 4.69) is 5.32 Å². The molecule has 2 aliphatic rings. The standard InChI is InChI=1S/C24H26ClN3O5/c1-15-3-6-17(13-20(15)25)26-24(31)28-21(29)14-19(23(30)27-9-11-33-12-10-27)22(28)16-4-7-18(32-2)8-5-16/h3-8,13,19,22H,9-12,14H2,1-2H3,(H,26,31)/t19-,22+/m0/s1. The molecule has 1 N–H and O–H groups in total. The summed E-state index contributed by atoms with van der Waals surface area (Å²) in [5, 5.41) is 3.26. The van der Waals surface area contributed by atoms with Gasteiger partial charge in [-0.1, -0.05) is 29.8 Å². The van der Waals surface area contributed by atoms with Crippen LogP contribution in [0.15, 0.2) is 42.5 Å². The van der Waals surface area contributed by atoms with Crippen LogP contribution >= 0.6 is 11.6 Å². The van der Waals surface area contributed by atoms with E-state index in [0.29, 0.717) is 48.3 Å². The topological polar surface area (TPSA) is 88.2 Å². The second-order valence-electron chi connectivity index (χ2n) is 8.12. The van der Waals surface area contributed by atoms with Gasteiger partial charge in [0, 0.05) is 30.2 Å². The van der Waals surface area contributed by atoms with Crippen molar-refractivity contribution < 1.29 is 23.9 Å². The molecule has 33 heavy (non-hydrogen) atoms. The largest absolute Gasteiger partial charge is 0.497 e. The minimum atomic E-state index is -0.736. The quantitative estimate of drug-likeness (QED) is 0.735. The Kier molecular flexibility index (Phi) is 6.85. The maximum absolute atomic E-state index is 13.4. The van der Waals surface area contributed by atoms with Crippen LogP contribution in [0.2, 0.25) is 5.02 Å². The molecule has 0 aliphatic carbocycles. The number of benzene rings is 2. The van der Waals surface area contributed by atoms with E-state index in [1.165, 1.54) is 0 Å². The number of hydrogen-bond donors (Lipinski definition) is 1. The summed E-state index contributed by atoms with van der Waals surface area (Å²) in [7, 11) is 1.56. The second-order valence-corrected chi connectivity index (χ2v) is 8.53. The maximum atomic E-state index is 13.4. The Bertz CT molecular complexity index is 1050. The molecule has 2 aromatic rings. The predicted octanol–water partition coefficient (Wildman–Crippen LogP) is 3.64. The Balaban J connectivity index is 1.65. The molecule has 8 nitrogen and oxygen atoms in total. The fourth-order valence-corrected chi connectivity index (χ4v) is 4.43. The Morgan fingerprint density at radius 2 is 1.82 bits per heavy atom. The average Bonchev–Trinajstić information content (AvgIpc) is 3.18. The van der Waals surface area contributed by atoms with Gasteiger partial charge in [0.05, 0.1) is 32.3 Å². The predicted molar refractivity (Wildman–Crippen MR) is 123 cm³/mol. The molecule has 174 valence electrons. The SMILES string of the molecule is COc1ccc([C@@H]2[C@@H](C(=O)N3CCOCC3)CC(=O)N2C(=O)Nc2ccc(C)c(Cl)c2)cc1. The smallest absolute Gasteiger partial charge is 0.329 e. The van der Waals surface area contributed by atoms with E-state index in [4.69, 9.17) is 21.1 Å². The highest BCUT2D eigenvalue weighted by Crippen LogP contribution is 2.40. The van der Waals surface area contributed by atoms with Crippen molar-refractivity contribution in [1.82, 2.24) is 9.80 Å². The maximum Gasteiger partial charge on any atom is 0.329 e. The molecule has 4 rings (SSSR count). The van der Waals surface area contributed by atoms with Gasteiger partial charge in [0.1, 0.15) is 5.75 Å². The number of nitrogens with one attached hydrogen (secondary N) is 1. The molecule has 9 heteroatoms. The highest BCUT2D eigenvalue weighted by molar-refractivity contribution is 6.31. The number of amides is 4. The molecule has 0 radical (unpaired) electrons. The molecule has 2 saturated heterocycles. The lowest BCUT2D eigenvalue weighted by Crippen LogP contribution is -2.45. The summed E-state index contributed by atoms with van der Waals surface area (Å²) >= 11 is 6.19. The summed E-state index contributed by atoms with van der Waals surface area (Å²) in [6.45, 7) is 3.70. The van der Waals surface area contributed by atoms with Crippen molar-refractivity contribution in [1.29, 1.82) is 0 Å². The Hall–Kier alpha value is -3.10. The van der Waals surface area contributed by atoms with E-state index in [1.54, 1.807) is 54.5 Å². The first-order valence-electron chi connectivity index (χ1n) is 10.8. The summed E-state index contributed by atoms with van der Waals surface area (Å²) in [5.74, 6) is -0.597. The van der Waals surface area contributed by atoms with Crippen molar-refractivity contribution in [3.05, 3.63) is 58.6 Å². The minimum absolute atomic E-state index is 0.0467. The van der Waals surface area contributed by atoms with Gasteiger partial charge in [-0.15, -0.1) is 0 Å². The first-order valence-corrected chi connectivity index (χ1v) is 11.2. The van der Waals surface area contributed by atoms with Crippen LogP contribution in [-0.2, 0) is 14.3 Å². The zero-order valence-corrected chi connectivity index (χ0v) is 19.3. The number of ether oxygens (including phenoxy) is 2. The normalized spacial score (nSPS) is 20.6. The van der Waals surface area contributed by atoms with Crippen molar-refractivity contribution in [2.45, 2.75) is 19.4 Å². The number of carbonyl (C=O) groups is 3. The van der Waals surface area contributed by atoms with Gasteiger partial charge in [-0.05, 0) is 42.3 Å². The van der Waals surface area contributed by atoms with Crippen LogP contribution in [0.3, 0.4) is 0 Å². The number of rotatable bonds is 4. The zero-order chi connectivity index (χ0) is 23.5. The molecule has 2 aliphatic heterocycles. The minimum Gasteiger partial charge on any atom is -0.497 e. The van der Waals surface area contributed by atoms with Crippen LogP contribution < -0.4 is 10.1 Å². The highest BCUT2D eigenvalue weighted by Gasteiger charge is 2.48. The third kappa shape index (κ3) is 4.82. The number of anilines is 1. The molecule has 0 saturated carbocycles. The Morgan fingerprint density at radius 1 is 1.12 bits per heavy atom. The van der Waals surface area contributed by atoms with Gasteiger partial charge in [-0.25, -0.2) is 4.79 Å². The molecule has 4 amide bonds. The molecule has 0 unspecified atom stereocenters. The van der Waals surface area contributed by atoms with Crippen LogP contribution in [0.1, 0.15) is 23.6 Å². The number of hydrogen-bond acceptors (Lipinski definition) is 5. The Labute approximate surface area is 197 Å². The number of methoxy groups -OCH3 is 1. The van der Waals surface area contributed by atoms with Crippen molar-refractivity contribution in [2.24, 2.45) is 5.92 Å². The molecule has 0 bridgehead atoms. The lowest BCUT2D eigenvalue weighted by Gasteiger charge is -2.32. The van der Waals surface area contributed by atoms with Crippen LogP contribution in [0.25, 0.3) is 0 Å². The molecular weight excluding hydrogens is 446 g/mol. The highest BCUT2D eigenvalue weighted by atomic mass is 35.5. The van der Waals surface area contributed by atoms with Gasteiger partial charge in [-0.3, -0.25) is 14.5 Å². The number of nitrogens with zero attached hydrogens (tertiary/aromatic N) is 2. The summed E-state index contributed by atoms with van der Waals surface area (Å²) < 4.78 is 10.6. The van der Waals surface area contributed by atoms with Crippen molar-refractivity contribution >= 4 is 35.1 Å². The number of halogens is 1. The van der Waals surface area contributed by atoms with Gasteiger partial charge in [0.2, 0.25) is 11.8 Å². The van der Waals surface area contributed by atoms with E-state index in [0.717, 1.165) is 10.5 Å². The van der Waals surface area contributed by atoms with E-state index in [9.17, 15) is 14.4 Å². The number of likely N-dealkylation sites (tertiary alicyclic amines) is 1. The molecule has 2 fully saturated rings. The van der Waals surface area contributed by atoms with E-state index >= 15 is 0 Å². The fraction of sp³-hybridized carbons (Fsp3) is 0.375. The summed E-state index contributed by atoms with van der Waals surface area (Å²) in [4.78, 5) is 42.5. The van der Waals surface area contributed by atoms with Crippen molar-refractivity contribution in [3.8, 4) is 5.75 Å². The van der Waals surface area contributed by atoms with E-state index in [1.807, 2.05) is 6.92 Å². The average molecular weight is 472 g/mol. The molecule has 2 atom stereocenters. The second kappa shape index (κ2) is 9.80. The number of morpholine rings is 1. The number of carbonyl (C=O) groups excluding carboxylic acids is 3. The number of aryl methyl sites for hydroxylation is 1. The number of imide groups is 1. The van der Waals surface area contributed by atoms with Gasteiger partial charge in [0.15, 0.2) is 0 Å². The lowest BCUT2D eigenvalue weighted by molar-refractivity contribution is -0.140. The first kappa shape index (κ1) is 23.1. The van der Waals surface area contributed by atoms with Gasteiger partial charge in [0.25, 0.3) is 0 Å². The van der Waals surface area contributed by atoms with Crippen LogP contribution in [0.4, 0.5) is 10.5 Å². The summed E-state index contributed by atoms with van der Waals surface area (Å²) in [5.41, 5.74) is 2.03. The van der Waals surface area contributed by atoms with E-state index in [-0.39, 0.29) is 12.3 Å². The fourth-order valence-electron chi connectivity index (χ4n) is 4.25. The molecule has 2 aromatic carbocycles. The lowest BCUT2D eigenvalue weighted by atomic mass is 9.92. The monoisotopic (exact) mass is 471 g/mol. The van der Waals surface area contributed by atoms with Crippen LogP contribution in [0, 0.1) is 12.8 Å². The van der Waals surface area contributed by atoms with Gasteiger partial charge < -0.3 is 19.7 Å². The molecule has 0 aromatic heterocycles. The van der Waals surface area contributed by atoms with Gasteiger partial charge >= 0.3 is 6.03 Å². The van der Waals surface area contributed by atoms with Crippen molar-refractivity contribution in [3.63, 3.8) is 0 Å². The molecule has 2 heterocycles. The summed E-state index contributed by atoms with van der Waals surface area (Å²) in [6.07, 6.45) is -0.0467. The zero-order valence-electron chi connectivity index (χ0n) is 18.5. The third-order valence-corrected chi connectivity index (χ3v) is 6.47. The van der Waals surface area contributed by atoms with E-state index < -0.39 is 23.9 Å². The molecule has 0 spiro atoms.